The van der Waals surface area contributed by atoms with Crippen molar-refractivity contribution in [3.05, 3.63) is 44.9 Å². The molecule has 1 atom stereocenters. The van der Waals surface area contributed by atoms with Gasteiger partial charge in [0.2, 0.25) is 5.91 Å². The molecule has 3 N–H and O–H groups in total. The topological polar surface area (TPSA) is 68.0 Å². The highest BCUT2D eigenvalue weighted by atomic mass is 79.9. The van der Waals surface area contributed by atoms with Crippen molar-refractivity contribution in [3.8, 4) is 0 Å². The smallest absolute Gasteiger partial charge is 0.227 e. The molecule has 0 aliphatic heterocycles. The molecule has 1 unspecified atom stereocenters. The van der Waals surface area contributed by atoms with Crippen LogP contribution in [0, 0.1) is 6.92 Å². The van der Waals surface area contributed by atoms with Gasteiger partial charge in [0.05, 0.1) is 0 Å². The minimum Gasteiger partial charge on any atom is -0.327 e. The summed E-state index contributed by atoms with van der Waals surface area (Å²) in [6.45, 7) is 3.88. The lowest BCUT2D eigenvalue weighted by molar-refractivity contribution is -0.116. The van der Waals surface area contributed by atoms with Crippen molar-refractivity contribution in [3.63, 3.8) is 0 Å². The van der Waals surface area contributed by atoms with Crippen molar-refractivity contribution >= 4 is 50.7 Å². The van der Waals surface area contributed by atoms with Crippen LogP contribution in [0.3, 0.4) is 0 Å². The molecule has 1 amide bonds. The summed E-state index contributed by atoms with van der Waals surface area (Å²) in [4.78, 5) is 17.0. The molecule has 0 fully saturated rings. The minimum absolute atomic E-state index is 0. The van der Waals surface area contributed by atoms with Gasteiger partial charge in [-0.05, 0) is 31.0 Å². The number of hydrogen-bond acceptors (Lipinski definition) is 4. The van der Waals surface area contributed by atoms with Crippen molar-refractivity contribution in [2.75, 3.05) is 5.32 Å². The van der Waals surface area contributed by atoms with Gasteiger partial charge >= 0.3 is 0 Å². The molecule has 7 heteroatoms. The lowest BCUT2D eigenvalue weighted by Gasteiger charge is -2.04. The molecule has 0 saturated carbocycles. The van der Waals surface area contributed by atoms with Crippen LogP contribution in [0.2, 0.25) is 0 Å². The SMILES string of the molecule is Cc1cc(Cc2cnc(NC(=O)CC(C)N)s2)ccc1Br.Cl. The molecule has 22 heavy (non-hydrogen) atoms. The van der Waals surface area contributed by atoms with Crippen LogP contribution < -0.4 is 11.1 Å². The van der Waals surface area contributed by atoms with Gasteiger partial charge in [0, 0.05) is 34.4 Å². The summed E-state index contributed by atoms with van der Waals surface area (Å²) >= 11 is 5.00. The van der Waals surface area contributed by atoms with Crippen LogP contribution in [0.25, 0.3) is 0 Å². The number of benzene rings is 1. The summed E-state index contributed by atoms with van der Waals surface area (Å²) in [6.07, 6.45) is 2.93. The quantitative estimate of drug-likeness (QED) is 0.794. The van der Waals surface area contributed by atoms with E-state index in [0.29, 0.717) is 11.6 Å². The zero-order chi connectivity index (χ0) is 15.4. The molecule has 0 radical (unpaired) electrons. The van der Waals surface area contributed by atoms with Crippen LogP contribution in [0.5, 0.6) is 0 Å². The second-order valence-electron chi connectivity index (χ2n) is 5.12. The van der Waals surface area contributed by atoms with Crippen LogP contribution in [0.1, 0.15) is 29.3 Å². The van der Waals surface area contributed by atoms with E-state index >= 15 is 0 Å². The van der Waals surface area contributed by atoms with E-state index in [0.717, 1.165) is 15.8 Å². The third-order valence-corrected chi connectivity index (χ3v) is 4.71. The molecule has 0 bridgehead atoms. The van der Waals surface area contributed by atoms with Crippen LogP contribution in [0.4, 0.5) is 5.13 Å². The average Bonchev–Trinajstić information content (AvgIpc) is 2.80. The number of carbonyl (C=O) groups is 1. The van der Waals surface area contributed by atoms with Crippen LogP contribution in [0.15, 0.2) is 28.9 Å². The summed E-state index contributed by atoms with van der Waals surface area (Å²) in [6, 6.07) is 6.15. The first kappa shape index (κ1) is 19.1. The lowest BCUT2D eigenvalue weighted by atomic mass is 10.1. The summed E-state index contributed by atoms with van der Waals surface area (Å²) in [7, 11) is 0. The van der Waals surface area contributed by atoms with Gasteiger partial charge in [-0.1, -0.05) is 28.1 Å². The van der Waals surface area contributed by atoms with E-state index in [1.165, 1.54) is 22.5 Å². The molecule has 0 saturated heterocycles. The van der Waals surface area contributed by atoms with E-state index in [1.54, 1.807) is 0 Å². The summed E-state index contributed by atoms with van der Waals surface area (Å²) in [5, 5.41) is 3.41. The molecular formula is C15H19BrClN3OS. The molecule has 0 aliphatic rings. The third-order valence-electron chi connectivity index (χ3n) is 2.91. The highest BCUT2D eigenvalue weighted by molar-refractivity contribution is 9.10. The maximum atomic E-state index is 11.6. The summed E-state index contributed by atoms with van der Waals surface area (Å²) < 4.78 is 1.11. The Morgan fingerprint density at radius 3 is 2.86 bits per heavy atom. The summed E-state index contributed by atoms with van der Waals surface area (Å²) in [5.41, 5.74) is 8.04. The van der Waals surface area contributed by atoms with Crippen molar-refractivity contribution in [2.45, 2.75) is 32.7 Å². The first-order valence-corrected chi connectivity index (χ1v) is 8.30. The molecule has 2 rings (SSSR count). The van der Waals surface area contributed by atoms with E-state index in [1.807, 2.05) is 13.1 Å². The average molecular weight is 405 g/mol. The number of anilines is 1. The number of carbonyl (C=O) groups excluding carboxylic acids is 1. The Bertz CT molecular complexity index is 645. The van der Waals surface area contributed by atoms with Crippen molar-refractivity contribution in [1.82, 2.24) is 4.98 Å². The Morgan fingerprint density at radius 1 is 1.50 bits per heavy atom. The molecule has 0 aliphatic carbocycles. The van der Waals surface area contributed by atoms with Crippen LogP contribution >= 0.6 is 39.7 Å². The molecule has 120 valence electrons. The minimum atomic E-state index is -0.143. The molecule has 1 aromatic heterocycles. The fourth-order valence-electron chi connectivity index (χ4n) is 1.93. The van der Waals surface area contributed by atoms with Gasteiger partial charge < -0.3 is 11.1 Å². The Hall–Kier alpha value is -0.950. The highest BCUT2D eigenvalue weighted by Gasteiger charge is 2.09. The molecule has 1 heterocycles. The summed E-state index contributed by atoms with van der Waals surface area (Å²) in [5.74, 6) is -0.0922. The number of aryl methyl sites for hydroxylation is 1. The molecule has 0 spiro atoms. The number of nitrogens with one attached hydrogen (secondary N) is 1. The molecular weight excluding hydrogens is 386 g/mol. The van der Waals surface area contributed by atoms with E-state index in [4.69, 9.17) is 5.73 Å². The Balaban J connectivity index is 0.00000242. The number of rotatable bonds is 5. The number of aromatic nitrogens is 1. The van der Waals surface area contributed by atoms with Crippen molar-refractivity contribution in [2.24, 2.45) is 5.73 Å². The molecule has 1 aromatic carbocycles. The van der Waals surface area contributed by atoms with Gasteiger partial charge in [-0.2, -0.15) is 0 Å². The fraction of sp³-hybridized carbons (Fsp3) is 0.333. The van der Waals surface area contributed by atoms with E-state index < -0.39 is 0 Å². The highest BCUT2D eigenvalue weighted by Crippen LogP contribution is 2.23. The van der Waals surface area contributed by atoms with Crippen LogP contribution in [-0.2, 0) is 11.2 Å². The standard InChI is InChI=1S/C15H18BrN3OS.ClH/c1-9-5-11(3-4-13(9)16)7-12-8-18-15(21-12)19-14(20)6-10(2)17;/h3-5,8,10H,6-7,17H2,1-2H3,(H,18,19,20);1H. The Labute approximate surface area is 149 Å². The number of hydrogen-bond donors (Lipinski definition) is 2. The number of thiazole rings is 1. The van der Waals surface area contributed by atoms with E-state index in [-0.39, 0.29) is 24.4 Å². The molecule has 4 nitrogen and oxygen atoms in total. The van der Waals surface area contributed by atoms with E-state index in [2.05, 4.69) is 51.4 Å². The van der Waals surface area contributed by atoms with Gasteiger partial charge in [0.1, 0.15) is 0 Å². The molecule has 2 aromatic rings. The van der Waals surface area contributed by atoms with Gasteiger partial charge in [-0.25, -0.2) is 4.98 Å². The third kappa shape index (κ3) is 5.68. The van der Waals surface area contributed by atoms with Crippen molar-refractivity contribution < 1.29 is 4.79 Å². The predicted octanol–water partition coefficient (Wildman–Crippen LogP) is 3.90. The number of halogens is 2. The van der Waals surface area contributed by atoms with Gasteiger partial charge in [-0.3, -0.25) is 4.79 Å². The maximum Gasteiger partial charge on any atom is 0.227 e. The largest absolute Gasteiger partial charge is 0.327 e. The van der Waals surface area contributed by atoms with Crippen molar-refractivity contribution in [1.29, 1.82) is 0 Å². The number of amides is 1. The predicted molar refractivity (Wildman–Crippen MR) is 97.9 cm³/mol. The van der Waals surface area contributed by atoms with Gasteiger partial charge in [0.15, 0.2) is 5.13 Å². The van der Waals surface area contributed by atoms with Gasteiger partial charge in [-0.15, -0.1) is 23.7 Å². The van der Waals surface area contributed by atoms with Crippen LogP contribution in [-0.4, -0.2) is 16.9 Å². The number of nitrogens with zero attached hydrogens (tertiary/aromatic N) is 1. The second kappa shape index (κ2) is 8.62. The first-order chi connectivity index (χ1) is 9.94. The Morgan fingerprint density at radius 2 is 2.23 bits per heavy atom. The maximum absolute atomic E-state index is 11.6. The van der Waals surface area contributed by atoms with E-state index in [9.17, 15) is 4.79 Å². The monoisotopic (exact) mass is 403 g/mol. The normalized spacial score (nSPS) is 11.6. The Kier molecular flexibility index (Phi) is 7.48. The number of nitrogens with two attached hydrogens (primary N) is 1. The fourth-order valence-corrected chi connectivity index (χ4v) is 3.04. The lowest BCUT2D eigenvalue weighted by Crippen LogP contribution is -2.23. The second-order valence-corrected chi connectivity index (χ2v) is 7.09. The zero-order valence-corrected chi connectivity index (χ0v) is 15.6. The first-order valence-electron chi connectivity index (χ1n) is 6.69. The van der Waals surface area contributed by atoms with Gasteiger partial charge in [0.25, 0.3) is 0 Å². The zero-order valence-electron chi connectivity index (χ0n) is 12.4.